The van der Waals surface area contributed by atoms with Crippen LogP contribution in [0, 0.1) is 17.2 Å². The fourth-order valence-electron chi connectivity index (χ4n) is 2.10. The largest absolute Gasteiger partial charge is 0.383 e. The molecule has 0 aliphatic heterocycles. The zero-order valence-electron chi connectivity index (χ0n) is 12.8. The lowest BCUT2D eigenvalue weighted by Crippen LogP contribution is -2.34. The van der Waals surface area contributed by atoms with Crippen molar-refractivity contribution in [1.82, 2.24) is 5.32 Å². The van der Waals surface area contributed by atoms with Crippen LogP contribution in [0.15, 0.2) is 18.2 Å². The van der Waals surface area contributed by atoms with Gasteiger partial charge in [0, 0.05) is 18.7 Å². The highest BCUT2D eigenvalue weighted by molar-refractivity contribution is 6.31. The van der Waals surface area contributed by atoms with Crippen LogP contribution in [0.2, 0.25) is 5.02 Å². The highest BCUT2D eigenvalue weighted by Crippen LogP contribution is 2.31. The van der Waals surface area contributed by atoms with E-state index in [0.29, 0.717) is 17.5 Å². The highest BCUT2D eigenvalue weighted by Gasteiger charge is 2.25. The maximum Gasteiger partial charge on any atom is 0.123 e. The van der Waals surface area contributed by atoms with Gasteiger partial charge in [0.05, 0.1) is 6.61 Å². The fourth-order valence-corrected chi connectivity index (χ4v) is 2.29. The van der Waals surface area contributed by atoms with Crippen LogP contribution in [0.1, 0.15) is 26.3 Å². The molecule has 1 aromatic carbocycles. The van der Waals surface area contributed by atoms with Crippen LogP contribution in [-0.2, 0) is 11.2 Å². The molecular weight excluding hydrogens is 277 g/mol. The standard InChI is InChI=1S/C16H25ClFNO/c1-16(2,3)13(11-19-7-8-20-4)9-12-10-14(18)5-6-15(12)17/h5-6,10,13,19H,7-9,11H2,1-4H3. The zero-order valence-corrected chi connectivity index (χ0v) is 13.6. The summed E-state index contributed by atoms with van der Waals surface area (Å²) in [5.41, 5.74) is 0.996. The summed E-state index contributed by atoms with van der Waals surface area (Å²) in [7, 11) is 1.69. The molecule has 1 aromatic rings. The van der Waals surface area contributed by atoms with E-state index in [1.165, 1.54) is 12.1 Å². The van der Waals surface area contributed by atoms with Crippen molar-refractivity contribution in [3.05, 3.63) is 34.6 Å². The third-order valence-corrected chi connectivity index (χ3v) is 3.94. The first-order valence-electron chi connectivity index (χ1n) is 6.98. The molecule has 0 saturated heterocycles. The molecule has 0 amide bonds. The zero-order chi connectivity index (χ0) is 15.2. The SMILES string of the molecule is COCCNCC(Cc1cc(F)ccc1Cl)C(C)(C)C. The lowest BCUT2D eigenvalue weighted by atomic mass is 9.77. The highest BCUT2D eigenvalue weighted by atomic mass is 35.5. The van der Waals surface area contributed by atoms with Crippen molar-refractivity contribution in [2.75, 3.05) is 26.8 Å². The molecule has 0 aliphatic carbocycles. The predicted octanol–water partition coefficient (Wildman–Crippen LogP) is 3.92. The third-order valence-electron chi connectivity index (χ3n) is 3.57. The van der Waals surface area contributed by atoms with Gasteiger partial charge in [0.2, 0.25) is 0 Å². The molecule has 0 fully saturated rings. The molecule has 0 spiro atoms. The van der Waals surface area contributed by atoms with E-state index < -0.39 is 0 Å². The second-order valence-electron chi connectivity index (χ2n) is 6.20. The van der Waals surface area contributed by atoms with Crippen molar-refractivity contribution in [3.8, 4) is 0 Å². The number of hydrogen-bond donors (Lipinski definition) is 1. The first kappa shape index (κ1) is 17.4. The molecule has 1 rings (SSSR count). The van der Waals surface area contributed by atoms with Crippen LogP contribution in [0.25, 0.3) is 0 Å². The van der Waals surface area contributed by atoms with Gasteiger partial charge in [0.15, 0.2) is 0 Å². The van der Waals surface area contributed by atoms with Gasteiger partial charge in [-0.3, -0.25) is 0 Å². The Hall–Kier alpha value is -0.640. The molecular formula is C16H25ClFNO. The lowest BCUT2D eigenvalue weighted by Gasteiger charge is -2.31. The Morgan fingerprint density at radius 3 is 2.65 bits per heavy atom. The third kappa shape index (κ3) is 5.78. The van der Waals surface area contributed by atoms with Gasteiger partial charge in [-0.2, -0.15) is 0 Å². The van der Waals surface area contributed by atoms with E-state index in [1.807, 2.05) is 0 Å². The normalized spacial score (nSPS) is 13.5. The van der Waals surface area contributed by atoms with Crippen LogP contribution in [0.5, 0.6) is 0 Å². The molecule has 0 saturated carbocycles. The van der Waals surface area contributed by atoms with E-state index in [1.54, 1.807) is 13.2 Å². The van der Waals surface area contributed by atoms with Gasteiger partial charge in [-0.1, -0.05) is 32.4 Å². The molecule has 114 valence electrons. The summed E-state index contributed by atoms with van der Waals surface area (Å²) in [6.45, 7) is 8.96. The van der Waals surface area contributed by atoms with Crippen LogP contribution < -0.4 is 5.32 Å². The number of halogens is 2. The molecule has 2 nitrogen and oxygen atoms in total. The van der Waals surface area contributed by atoms with Gasteiger partial charge in [0.25, 0.3) is 0 Å². The van der Waals surface area contributed by atoms with Crippen LogP contribution >= 0.6 is 11.6 Å². The molecule has 4 heteroatoms. The lowest BCUT2D eigenvalue weighted by molar-refractivity contribution is 0.186. The van der Waals surface area contributed by atoms with Crippen molar-refractivity contribution in [2.24, 2.45) is 11.3 Å². The fraction of sp³-hybridized carbons (Fsp3) is 0.625. The number of nitrogens with one attached hydrogen (secondary N) is 1. The van der Waals surface area contributed by atoms with E-state index in [0.717, 1.165) is 25.1 Å². The van der Waals surface area contributed by atoms with Gasteiger partial charge < -0.3 is 10.1 Å². The predicted molar refractivity (Wildman–Crippen MR) is 82.8 cm³/mol. The summed E-state index contributed by atoms with van der Waals surface area (Å²) in [5.74, 6) is 0.142. The molecule has 0 radical (unpaired) electrons. The average molecular weight is 302 g/mol. The van der Waals surface area contributed by atoms with E-state index >= 15 is 0 Å². The van der Waals surface area contributed by atoms with Crippen molar-refractivity contribution < 1.29 is 9.13 Å². The Morgan fingerprint density at radius 2 is 2.05 bits per heavy atom. The second kappa shape index (κ2) is 7.96. The van der Waals surface area contributed by atoms with Crippen LogP contribution in [-0.4, -0.2) is 26.8 Å². The van der Waals surface area contributed by atoms with E-state index in [-0.39, 0.29) is 11.2 Å². The van der Waals surface area contributed by atoms with Gasteiger partial charge in [0.1, 0.15) is 5.82 Å². The minimum atomic E-state index is -0.232. The Balaban J connectivity index is 2.71. The quantitative estimate of drug-likeness (QED) is 0.771. The Labute approximate surface area is 126 Å². The molecule has 20 heavy (non-hydrogen) atoms. The van der Waals surface area contributed by atoms with Crippen LogP contribution in [0.3, 0.4) is 0 Å². The van der Waals surface area contributed by atoms with E-state index in [9.17, 15) is 4.39 Å². The summed E-state index contributed by atoms with van der Waals surface area (Å²) in [4.78, 5) is 0. The minimum absolute atomic E-state index is 0.121. The topological polar surface area (TPSA) is 21.3 Å². The number of methoxy groups -OCH3 is 1. The summed E-state index contributed by atoms with van der Waals surface area (Å²) < 4.78 is 18.4. The number of benzene rings is 1. The molecule has 0 heterocycles. The first-order valence-corrected chi connectivity index (χ1v) is 7.36. The summed E-state index contributed by atoms with van der Waals surface area (Å²) >= 11 is 6.17. The Morgan fingerprint density at radius 1 is 1.35 bits per heavy atom. The molecule has 0 aliphatic rings. The van der Waals surface area contributed by atoms with Gasteiger partial charge in [-0.05, 0) is 48.1 Å². The van der Waals surface area contributed by atoms with E-state index in [2.05, 4.69) is 26.1 Å². The smallest absolute Gasteiger partial charge is 0.123 e. The summed E-state index contributed by atoms with van der Waals surface area (Å²) in [5, 5.41) is 4.02. The maximum atomic E-state index is 13.4. The molecule has 1 unspecified atom stereocenters. The van der Waals surface area contributed by atoms with E-state index in [4.69, 9.17) is 16.3 Å². The Bertz CT molecular complexity index is 417. The van der Waals surface area contributed by atoms with Gasteiger partial charge in [-0.25, -0.2) is 4.39 Å². The molecule has 0 bridgehead atoms. The van der Waals surface area contributed by atoms with Crippen LogP contribution in [0.4, 0.5) is 4.39 Å². The van der Waals surface area contributed by atoms with Gasteiger partial charge >= 0.3 is 0 Å². The number of rotatable bonds is 7. The average Bonchev–Trinajstić information content (AvgIpc) is 2.36. The maximum absolute atomic E-state index is 13.4. The van der Waals surface area contributed by atoms with Crippen molar-refractivity contribution in [2.45, 2.75) is 27.2 Å². The second-order valence-corrected chi connectivity index (χ2v) is 6.61. The van der Waals surface area contributed by atoms with Crippen molar-refractivity contribution in [1.29, 1.82) is 0 Å². The molecule has 0 aromatic heterocycles. The monoisotopic (exact) mass is 301 g/mol. The summed E-state index contributed by atoms with van der Waals surface area (Å²) in [6, 6.07) is 4.56. The molecule has 1 N–H and O–H groups in total. The van der Waals surface area contributed by atoms with Gasteiger partial charge in [-0.15, -0.1) is 0 Å². The van der Waals surface area contributed by atoms with Crippen molar-refractivity contribution >= 4 is 11.6 Å². The number of ether oxygens (including phenoxy) is 1. The minimum Gasteiger partial charge on any atom is -0.383 e. The van der Waals surface area contributed by atoms with Crippen molar-refractivity contribution in [3.63, 3.8) is 0 Å². The number of hydrogen-bond acceptors (Lipinski definition) is 2. The first-order chi connectivity index (χ1) is 9.34. The Kier molecular flexibility index (Phi) is 6.93. The summed E-state index contributed by atoms with van der Waals surface area (Å²) in [6.07, 6.45) is 0.764. The molecule has 1 atom stereocenters.